The summed E-state index contributed by atoms with van der Waals surface area (Å²) in [6, 6.07) is 3.15. The van der Waals surface area contributed by atoms with Crippen LogP contribution in [0.25, 0.3) is 11.4 Å². The monoisotopic (exact) mass is 274 g/mol. The predicted octanol–water partition coefficient (Wildman–Crippen LogP) is 3.81. The fraction of sp³-hybridized carbons (Fsp3) is 0. The van der Waals surface area contributed by atoms with Gasteiger partial charge in [-0.2, -0.15) is 0 Å². The van der Waals surface area contributed by atoms with Crippen LogP contribution < -0.4 is 0 Å². The van der Waals surface area contributed by atoms with E-state index in [1.165, 1.54) is 18.5 Å². The highest BCUT2D eigenvalue weighted by atomic mass is 35.5. The van der Waals surface area contributed by atoms with Crippen LogP contribution in [-0.2, 0) is 0 Å². The second-order valence-corrected chi connectivity index (χ2v) is 4.24. The second-order valence-electron chi connectivity index (χ2n) is 3.01. The lowest BCUT2D eigenvalue weighted by molar-refractivity contribution is 0.470. The summed E-state index contributed by atoms with van der Waals surface area (Å²) in [6.07, 6.45) is 2.54. The number of nitrogens with zero attached hydrogens (tertiary/aromatic N) is 2. The van der Waals surface area contributed by atoms with Crippen molar-refractivity contribution in [3.05, 3.63) is 39.6 Å². The Bertz CT molecular complexity index is 528. The van der Waals surface area contributed by atoms with Crippen molar-refractivity contribution in [3.63, 3.8) is 0 Å². The third-order valence-corrected chi connectivity index (χ3v) is 2.89. The lowest BCUT2D eigenvalue weighted by Crippen LogP contribution is -1.89. The molecule has 0 radical (unpaired) electrons. The quantitative estimate of drug-likeness (QED) is 0.805. The number of benzene rings is 1. The van der Waals surface area contributed by atoms with E-state index in [2.05, 4.69) is 9.97 Å². The summed E-state index contributed by atoms with van der Waals surface area (Å²) in [6.45, 7) is 0. The first-order valence-electron chi connectivity index (χ1n) is 4.24. The molecule has 2 aromatic rings. The average molecular weight is 276 g/mol. The Morgan fingerprint density at radius 1 is 1.00 bits per heavy atom. The maximum atomic E-state index is 9.07. The maximum Gasteiger partial charge on any atom is 0.160 e. The summed E-state index contributed by atoms with van der Waals surface area (Å²) in [4.78, 5) is 7.86. The molecule has 16 heavy (non-hydrogen) atoms. The van der Waals surface area contributed by atoms with Gasteiger partial charge in [-0.3, -0.25) is 0 Å². The molecule has 0 aliphatic heterocycles. The zero-order valence-electron chi connectivity index (χ0n) is 7.78. The molecule has 6 heteroatoms. The number of aromatic hydroxyl groups is 1. The molecule has 0 unspecified atom stereocenters. The van der Waals surface area contributed by atoms with E-state index in [1.54, 1.807) is 6.07 Å². The van der Waals surface area contributed by atoms with Crippen molar-refractivity contribution in [2.45, 2.75) is 0 Å². The SMILES string of the molecule is Oc1cnc(-c2cc(Cl)cc(Cl)c2Cl)nc1. The molecule has 82 valence electrons. The predicted molar refractivity (Wildman–Crippen MR) is 64.2 cm³/mol. The zero-order valence-corrected chi connectivity index (χ0v) is 10.1. The molecule has 1 heterocycles. The van der Waals surface area contributed by atoms with Gasteiger partial charge in [0.25, 0.3) is 0 Å². The lowest BCUT2D eigenvalue weighted by Gasteiger charge is -2.05. The van der Waals surface area contributed by atoms with Gasteiger partial charge in [0.05, 0.1) is 22.4 Å². The lowest BCUT2D eigenvalue weighted by atomic mass is 10.2. The topological polar surface area (TPSA) is 46.0 Å². The number of halogens is 3. The van der Waals surface area contributed by atoms with Crippen molar-refractivity contribution < 1.29 is 5.11 Å². The van der Waals surface area contributed by atoms with Crippen molar-refractivity contribution in [3.8, 4) is 17.1 Å². The van der Waals surface area contributed by atoms with Gasteiger partial charge in [-0.25, -0.2) is 9.97 Å². The van der Waals surface area contributed by atoms with Crippen molar-refractivity contribution in [2.24, 2.45) is 0 Å². The van der Waals surface area contributed by atoms with Crippen molar-refractivity contribution >= 4 is 34.8 Å². The van der Waals surface area contributed by atoms with E-state index in [0.717, 1.165) is 0 Å². The minimum absolute atomic E-state index is 0.0204. The molecule has 0 bridgehead atoms. The van der Waals surface area contributed by atoms with Gasteiger partial charge in [-0.15, -0.1) is 0 Å². The van der Waals surface area contributed by atoms with Gasteiger partial charge in [0, 0.05) is 10.6 Å². The van der Waals surface area contributed by atoms with Crippen LogP contribution in [0.15, 0.2) is 24.5 Å². The van der Waals surface area contributed by atoms with Crippen LogP contribution in [0.1, 0.15) is 0 Å². The van der Waals surface area contributed by atoms with Gasteiger partial charge in [0.2, 0.25) is 0 Å². The smallest absolute Gasteiger partial charge is 0.160 e. The van der Waals surface area contributed by atoms with Crippen LogP contribution in [0, 0.1) is 0 Å². The molecule has 0 atom stereocenters. The van der Waals surface area contributed by atoms with E-state index in [9.17, 15) is 0 Å². The first-order chi connectivity index (χ1) is 7.58. The molecule has 2 rings (SSSR count). The average Bonchev–Trinajstić information content (AvgIpc) is 2.25. The highest BCUT2D eigenvalue weighted by Crippen LogP contribution is 2.34. The summed E-state index contributed by atoms with van der Waals surface area (Å²) >= 11 is 17.7. The molecule has 0 spiro atoms. The molecule has 1 aromatic carbocycles. The third kappa shape index (κ3) is 2.21. The van der Waals surface area contributed by atoms with Crippen LogP contribution >= 0.6 is 34.8 Å². The third-order valence-electron chi connectivity index (χ3n) is 1.87. The molecular formula is C10H5Cl3N2O. The Labute approximate surface area is 107 Å². The molecule has 1 N–H and O–H groups in total. The number of hydrogen-bond acceptors (Lipinski definition) is 3. The molecule has 0 amide bonds. The standard InChI is InChI=1S/C10H5Cl3N2O/c11-5-1-7(9(13)8(12)2-5)10-14-3-6(16)4-15-10/h1-4,16H. The normalized spacial score (nSPS) is 10.4. The minimum Gasteiger partial charge on any atom is -0.505 e. The second kappa shape index (κ2) is 4.45. The van der Waals surface area contributed by atoms with E-state index in [4.69, 9.17) is 39.9 Å². The van der Waals surface area contributed by atoms with Gasteiger partial charge in [-0.1, -0.05) is 34.8 Å². The Morgan fingerprint density at radius 2 is 1.62 bits per heavy atom. The van der Waals surface area contributed by atoms with Gasteiger partial charge < -0.3 is 5.11 Å². The van der Waals surface area contributed by atoms with E-state index in [1.807, 2.05) is 0 Å². The van der Waals surface area contributed by atoms with Crippen LogP contribution in [0.4, 0.5) is 0 Å². The zero-order chi connectivity index (χ0) is 11.7. The van der Waals surface area contributed by atoms with E-state index in [-0.39, 0.29) is 5.75 Å². The van der Waals surface area contributed by atoms with Crippen LogP contribution in [-0.4, -0.2) is 15.1 Å². The van der Waals surface area contributed by atoms with Gasteiger partial charge in [0.1, 0.15) is 0 Å². The van der Waals surface area contributed by atoms with Crippen LogP contribution in [0.5, 0.6) is 5.75 Å². The highest BCUT2D eigenvalue weighted by molar-refractivity contribution is 6.44. The number of aromatic nitrogens is 2. The van der Waals surface area contributed by atoms with E-state index < -0.39 is 0 Å². The number of hydrogen-bond donors (Lipinski definition) is 1. The molecule has 1 aromatic heterocycles. The summed E-state index contributed by atoms with van der Waals surface area (Å²) in [5.41, 5.74) is 0.527. The number of rotatable bonds is 1. The maximum absolute atomic E-state index is 9.07. The first-order valence-corrected chi connectivity index (χ1v) is 5.37. The van der Waals surface area contributed by atoms with Crippen LogP contribution in [0.3, 0.4) is 0 Å². The molecule has 0 aliphatic rings. The van der Waals surface area contributed by atoms with Crippen molar-refractivity contribution in [1.29, 1.82) is 0 Å². The molecule has 3 nitrogen and oxygen atoms in total. The Balaban J connectivity index is 2.59. The van der Waals surface area contributed by atoms with E-state index >= 15 is 0 Å². The molecule has 0 saturated carbocycles. The first kappa shape index (κ1) is 11.5. The van der Waals surface area contributed by atoms with Gasteiger partial charge in [-0.05, 0) is 12.1 Å². The molecule has 0 fully saturated rings. The fourth-order valence-electron chi connectivity index (χ4n) is 1.18. The fourth-order valence-corrected chi connectivity index (χ4v) is 1.87. The van der Waals surface area contributed by atoms with Crippen LogP contribution in [0.2, 0.25) is 15.1 Å². The largest absolute Gasteiger partial charge is 0.505 e. The van der Waals surface area contributed by atoms with Crippen molar-refractivity contribution in [1.82, 2.24) is 9.97 Å². The highest BCUT2D eigenvalue weighted by Gasteiger charge is 2.11. The molecular weight excluding hydrogens is 270 g/mol. The summed E-state index contributed by atoms with van der Waals surface area (Å²) < 4.78 is 0. The molecule has 0 saturated heterocycles. The summed E-state index contributed by atoms with van der Waals surface area (Å²) in [7, 11) is 0. The minimum atomic E-state index is -0.0204. The van der Waals surface area contributed by atoms with Gasteiger partial charge >= 0.3 is 0 Å². The van der Waals surface area contributed by atoms with Crippen molar-refractivity contribution in [2.75, 3.05) is 0 Å². The molecule has 0 aliphatic carbocycles. The summed E-state index contributed by atoms with van der Waals surface area (Å²) in [5.74, 6) is 0.334. The summed E-state index contributed by atoms with van der Waals surface area (Å²) in [5, 5.41) is 10.2. The Kier molecular flexibility index (Phi) is 3.19. The van der Waals surface area contributed by atoms with Gasteiger partial charge in [0.15, 0.2) is 11.6 Å². The van der Waals surface area contributed by atoms with E-state index in [0.29, 0.717) is 26.5 Å². The Morgan fingerprint density at radius 3 is 2.25 bits per heavy atom. The Hall–Kier alpha value is -1.03.